The summed E-state index contributed by atoms with van der Waals surface area (Å²) in [5.41, 5.74) is 11.1. The summed E-state index contributed by atoms with van der Waals surface area (Å²) in [6.45, 7) is 11.0. The quantitative estimate of drug-likeness (QED) is 0.621. The molecule has 0 amide bonds. The topological polar surface area (TPSA) is 0 Å². The molecular formula is C23H26. The molecule has 2 aromatic carbocycles. The highest BCUT2D eigenvalue weighted by molar-refractivity contribution is 5.49. The Morgan fingerprint density at radius 1 is 0.652 bits per heavy atom. The molecule has 0 heterocycles. The van der Waals surface area contributed by atoms with Crippen molar-refractivity contribution in [1.82, 2.24) is 0 Å². The van der Waals surface area contributed by atoms with Crippen molar-refractivity contribution in [3.8, 4) is 0 Å². The number of benzene rings is 2. The molecule has 0 N–H and O–H groups in total. The summed E-state index contributed by atoms with van der Waals surface area (Å²) >= 11 is 0. The maximum absolute atomic E-state index is 2.38. The van der Waals surface area contributed by atoms with Gasteiger partial charge in [0, 0.05) is 5.92 Å². The van der Waals surface area contributed by atoms with Crippen LogP contribution in [0.1, 0.15) is 52.6 Å². The van der Waals surface area contributed by atoms with Crippen LogP contribution in [0.15, 0.2) is 59.7 Å². The lowest BCUT2D eigenvalue weighted by Gasteiger charge is -2.22. The van der Waals surface area contributed by atoms with Gasteiger partial charge in [0.2, 0.25) is 0 Å². The fourth-order valence-corrected chi connectivity index (χ4v) is 3.86. The zero-order valence-corrected chi connectivity index (χ0v) is 14.9. The minimum Gasteiger partial charge on any atom is -0.0775 e. The molecule has 3 rings (SSSR count). The Morgan fingerprint density at radius 3 is 1.43 bits per heavy atom. The molecule has 1 aliphatic rings. The number of allylic oxidation sites excluding steroid dienone is 4. The third-order valence-corrected chi connectivity index (χ3v) is 4.60. The Hall–Kier alpha value is -2.08. The molecule has 0 aromatic heterocycles. The van der Waals surface area contributed by atoms with Gasteiger partial charge in [0.25, 0.3) is 0 Å². The lowest BCUT2D eigenvalue weighted by Crippen LogP contribution is -2.06. The highest BCUT2D eigenvalue weighted by atomic mass is 14.3. The third kappa shape index (κ3) is 3.47. The van der Waals surface area contributed by atoms with Gasteiger partial charge in [-0.25, -0.2) is 0 Å². The molecule has 0 atom stereocenters. The van der Waals surface area contributed by atoms with Crippen molar-refractivity contribution >= 4 is 0 Å². The van der Waals surface area contributed by atoms with Crippen LogP contribution in [0.25, 0.3) is 0 Å². The lowest BCUT2D eigenvalue weighted by atomic mass is 9.82. The molecule has 1 aliphatic carbocycles. The van der Waals surface area contributed by atoms with Gasteiger partial charge >= 0.3 is 0 Å². The van der Waals surface area contributed by atoms with Crippen LogP contribution in [0.2, 0.25) is 0 Å². The Balaban J connectivity index is 2.16. The fourth-order valence-electron chi connectivity index (χ4n) is 3.86. The van der Waals surface area contributed by atoms with Crippen molar-refractivity contribution in [3.05, 3.63) is 93.1 Å². The van der Waals surface area contributed by atoms with Crippen LogP contribution in [-0.4, -0.2) is 0 Å². The molecular weight excluding hydrogens is 276 g/mol. The summed E-state index contributed by atoms with van der Waals surface area (Å²) in [4.78, 5) is 0. The zero-order valence-electron chi connectivity index (χ0n) is 14.9. The van der Waals surface area contributed by atoms with Crippen molar-refractivity contribution in [3.63, 3.8) is 0 Å². The second-order valence-corrected chi connectivity index (χ2v) is 7.15. The Kier molecular flexibility index (Phi) is 4.26. The van der Waals surface area contributed by atoms with Crippen molar-refractivity contribution in [2.24, 2.45) is 0 Å². The molecule has 0 saturated carbocycles. The summed E-state index contributed by atoms with van der Waals surface area (Å²) in [5.74, 6) is 0.362. The van der Waals surface area contributed by atoms with E-state index in [1.54, 1.807) is 0 Å². The number of hydrogen-bond donors (Lipinski definition) is 0. The van der Waals surface area contributed by atoms with Gasteiger partial charge in [-0.15, -0.1) is 0 Å². The van der Waals surface area contributed by atoms with E-state index in [9.17, 15) is 0 Å². The first-order valence-corrected chi connectivity index (χ1v) is 8.46. The van der Waals surface area contributed by atoms with Gasteiger partial charge in [-0.05, 0) is 52.2 Å². The first kappa shape index (κ1) is 15.8. The van der Waals surface area contributed by atoms with E-state index in [4.69, 9.17) is 0 Å². The Morgan fingerprint density at radius 2 is 1.09 bits per heavy atom. The van der Waals surface area contributed by atoms with E-state index in [0.717, 1.165) is 6.42 Å². The summed E-state index contributed by atoms with van der Waals surface area (Å²) in [6.07, 6.45) is 5.78. The van der Waals surface area contributed by atoms with E-state index in [0.29, 0.717) is 5.92 Å². The summed E-state index contributed by atoms with van der Waals surface area (Å²) in [5, 5.41) is 0. The smallest absolute Gasteiger partial charge is 0.0305 e. The van der Waals surface area contributed by atoms with E-state index in [-0.39, 0.29) is 0 Å². The van der Waals surface area contributed by atoms with Crippen molar-refractivity contribution < 1.29 is 0 Å². The normalized spacial score (nSPS) is 14.2. The minimum atomic E-state index is 0.362. The number of rotatable bonds is 3. The maximum atomic E-state index is 2.38. The van der Waals surface area contributed by atoms with Crippen LogP contribution < -0.4 is 0 Å². The van der Waals surface area contributed by atoms with Gasteiger partial charge in [-0.3, -0.25) is 0 Å². The molecule has 0 aliphatic heterocycles. The second kappa shape index (κ2) is 6.20. The van der Waals surface area contributed by atoms with Crippen molar-refractivity contribution in [2.45, 2.75) is 47.0 Å². The summed E-state index contributed by atoms with van der Waals surface area (Å²) < 4.78 is 0. The molecule has 0 bridgehead atoms. The van der Waals surface area contributed by atoms with E-state index >= 15 is 0 Å². The van der Waals surface area contributed by atoms with Crippen LogP contribution in [0.4, 0.5) is 0 Å². The van der Waals surface area contributed by atoms with Gasteiger partial charge in [0.05, 0.1) is 0 Å². The Bertz CT molecular complexity index is 711. The fraction of sp³-hybridized carbons (Fsp3) is 0.304. The molecule has 0 saturated heterocycles. The van der Waals surface area contributed by atoms with Crippen LogP contribution in [0.3, 0.4) is 0 Å². The van der Waals surface area contributed by atoms with Crippen molar-refractivity contribution in [2.75, 3.05) is 0 Å². The minimum absolute atomic E-state index is 0.362. The SMILES string of the molecule is CC1=CCC(C(c2cc(C)cc(C)c2)c2cc(C)cc(C)c2)=C1. The lowest BCUT2D eigenvalue weighted by molar-refractivity contribution is 0.911. The first-order valence-electron chi connectivity index (χ1n) is 8.46. The highest BCUT2D eigenvalue weighted by Crippen LogP contribution is 2.38. The molecule has 0 fully saturated rings. The van der Waals surface area contributed by atoms with Gasteiger partial charge in [-0.1, -0.05) is 82.0 Å². The highest BCUT2D eigenvalue weighted by Gasteiger charge is 2.21. The van der Waals surface area contributed by atoms with Crippen LogP contribution in [0.5, 0.6) is 0 Å². The van der Waals surface area contributed by atoms with Gasteiger partial charge in [0.15, 0.2) is 0 Å². The monoisotopic (exact) mass is 302 g/mol. The van der Waals surface area contributed by atoms with Crippen molar-refractivity contribution in [1.29, 1.82) is 0 Å². The van der Waals surface area contributed by atoms with Crippen LogP contribution in [-0.2, 0) is 0 Å². The molecule has 2 aromatic rings. The largest absolute Gasteiger partial charge is 0.0775 e. The van der Waals surface area contributed by atoms with Gasteiger partial charge < -0.3 is 0 Å². The van der Waals surface area contributed by atoms with E-state index < -0.39 is 0 Å². The van der Waals surface area contributed by atoms with Gasteiger partial charge in [-0.2, -0.15) is 0 Å². The summed E-state index contributed by atoms with van der Waals surface area (Å²) in [6, 6.07) is 13.9. The molecule has 0 spiro atoms. The summed E-state index contributed by atoms with van der Waals surface area (Å²) in [7, 11) is 0. The van der Waals surface area contributed by atoms with E-state index in [1.165, 1.54) is 44.5 Å². The number of hydrogen-bond acceptors (Lipinski definition) is 0. The average Bonchev–Trinajstić information content (AvgIpc) is 2.83. The predicted molar refractivity (Wildman–Crippen MR) is 100 cm³/mol. The first-order chi connectivity index (χ1) is 10.9. The van der Waals surface area contributed by atoms with Crippen LogP contribution in [0, 0.1) is 27.7 Å². The molecule has 0 nitrogen and oxygen atoms in total. The second-order valence-electron chi connectivity index (χ2n) is 7.15. The predicted octanol–water partition coefficient (Wildman–Crippen LogP) is 6.33. The van der Waals surface area contributed by atoms with Crippen LogP contribution >= 0.6 is 0 Å². The zero-order chi connectivity index (χ0) is 16.6. The van der Waals surface area contributed by atoms with E-state index in [2.05, 4.69) is 83.2 Å². The van der Waals surface area contributed by atoms with Gasteiger partial charge in [0.1, 0.15) is 0 Å². The maximum Gasteiger partial charge on any atom is 0.0305 e. The molecule has 118 valence electrons. The molecule has 0 radical (unpaired) electrons. The Labute approximate surface area is 140 Å². The molecule has 0 unspecified atom stereocenters. The average molecular weight is 302 g/mol. The standard InChI is InChI=1S/C23H26/c1-15-6-7-20(10-15)23(21-11-16(2)8-17(3)12-21)22-13-18(4)9-19(5)14-22/h6,8-14,23H,7H2,1-5H3. The number of aryl methyl sites for hydroxylation is 4. The van der Waals surface area contributed by atoms with E-state index in [1.807, 2.05) is 0 Å². The third-order valence-electron chi connectivity index (χ3n) is 4.60. The molecule has 23 heavy (non-hydrogen) atoms. The molecule has 0 heteroatoms.